The molecule has 31 heavy (non-hydrogen) atoms. The molecule has 0 saturated heterocycles. The van der Waals surface area contributed by atoms with Gasteiger partial charge in [-0.2, -0.15) is 5.26 Å². The number of hydrogen-bond donors (Lipinski definition) is 0. The fraction of sp³-hybridized carbons (Fsp3) is 0. The molecule has 0 fully saturated rings. The van der Waals surface area contributed by atoms with Gasteiger partial charge in [0.05, 0.1) is 17.1 Å². The normalized spacial score (nSPS) is 11.2. The highest BCUT2D eigenvalue weighted by Crippen LogP contribution is 2.39. The Morgan fingerprint density at radius 3 is 2.00 bits per heavy atom. The summed E-state index contributed by atoms with van der Waals surface area (Å²) < 4.78 is 6.29. The van der Waals surface area contributed by atoms with Gasteiger partial charge in [0.1, 0.15) is 11.1 Å². The largest absolute Gasteiger partial charge is 0.454 e. The molecule has 4 aromatic carbocycles. The van der Waals surface area contributed by atoms with Gasteiger partial charge in [0.15, 0.2) is 5.58 Å². The molecule has 0 radical (unpaired) electrons. The van der Waals surface area contributed by atoms with Crippen LogP contribution in [0, 0.1) is 11.3 Å². The average molecular weight is 396 g/mol. The Kier molecular flexibility index (Phi) is 3.84. The Labute approximate surface area is 178 Å². The first-order chi connectivity index (χ1) is 15.3. The number of fused-ring (bicyclic) bond motifs is 4. The van der Waals surface area contributed by atoms with E-state index in [1.165, 1.54) is 0 Å². The van der Waals surface area contributed by atoms with Crippen LogP contribution in [0.25, 0.3) is 55.2 Å². The van der Waals surface area contributed by atoms with Gasteiger partial charge in [0, 0.05) is 16.3 Å². The van der Waals surface area contributed by atoms with Crippen LogP contribution in [0.3, 0.4) is 0 Å². The zero-order valence-corrected chi connectivity index (χ0v) is 16.5. The fourth-order valence-electron chi connectivity index (χ4n) is 4.19. The maximum Gasteiger partial charge on any atom is 0.162 e. The van der Waals surface area contributed by atoms with E-state index in [1.807, 2.05) is 60.7 Å². The van der Waals surface area contributed by atoms with Gasteiger partial charge < -0.3 is 4.42 Å². The molecular formula is C28H16N2O. The second kappa shape index (κ2) is 6.83. The predicted octanol–water partition coefficient (Wildman–Crippen LogP) is 7.34. The van der Waals surface area contributed by atoms with Crippen LogP contribution >= 0.6 is 0 Å². The van der Waals surface area contributed by atoms with Crippen molar-refractivity contribution in [2.75, 3.05) is 0 Å². The summed E-state index contributed by atoms with van der Waals surface area (Å²) in [5.74, 6) is 0. The fourth-order valence-corrected chi connectivity index (χ4v) is 4.19. The Bertz CT molecular complexity index is 1620. The molecule has 0 atom stereocenters. The minimum atomic E-state index is 0.663. The summed E-state index contributed by atoms with van der Waals surface area (Å²) in [6.07, 6.45) is 0. The van der Waals surface area contributed by atoms with E-state index in [0.29, 0.717) is 5.56 Å². The maximum atomic E-state index is 9.02. The zero-order valence-electron chi connectivity index (χ0n) is 16.5. The van der Waals surface area contributed by atoms with Crippen molar-refractivity contribution in [3.63, 3.8) is 0 Å². The predicted molar refractivity (Wildman–Crippen MR) is 125 cm³/mol. The molecule has 144 valence electrons. The monoisotopic (exact) mass is 396 g/mol. The molecule has 0 spiro atoms. The van der Waals surface area contributed by atoms with Crippen LogP contribution in [0.5, 0.6) is 0 Å². The van der Waals surface area contributed by atoms with Crippen molar-refractivity contribution in [1.29, 1.82) is 5.26 Å². The van der Waals surface area contributed by atoms with Crippen molar-refractivity contribution in [1.82, 2.24) is 4.98 Å². The van der Waals surface area contributed by atoms with E-state index in [1.54, 1.807) is 0 Å². The minimum Gasteiger partial charge on any atom is -0.454 e. The van der Waals surface area contributed by atoms with E-state index >= 15 is 0 Å². The number of rotatable bonds is 2. The highest BCUT2D eigenvalue weighted by Gasteiger charge is 2.17. The molecule has 0 aliphatic rings. The third kappa shape index (κ3) is 2.78. The SMILES string of the molecule is N#Cc1ccc(-c2ccc(-c3c4ccccc4nc4c3oc3ccccc34)cc2)cc1. The molecule has 0 N–H and O–H groups in total. The van der Waals surface area contributed by atoms with Crippen LogP contribution in [-0.2, 0) is 0 Å². The summed E-state index contributed by atoms with van der Waals surface area (Å²) >= 11 is 0. The van der Waals surface area contributed by atoms with E-state index < -0.39 is 0 Å². The third-order valence-corrected chi connectivity index (χ3v) is 5.72. The number of nitrogens with zero attached hydrogens (tertiary/aromatic N) is 2. The molecule has 0 saturated carbocycles. The highest BCUT2D eigenvalue weighted by molar-refractivity contribution is 6.14. The number of hydrogen-bond acceptors (Lipinski definition) is 3. The van der Waals surface area contributed by atoms with Gasteiger partial charge >= 0.3 is 0 Å². The summed E-state index contributed by atoms with van der Waals surface area (Å²) in [5, 5.41) is 11.1. The number of aromatic nitrogens is 1. The number of furan rings is 1. The third-order valence-electron chi connectivity index (χ3n) is 5.72. The first kappa shape index (κ1) is 17.4. The molecule has 0 aliphatic heterocycles. The van der Waals surface area contributed by atoms with Crippen molar-refractivity contribution < 1.29 is 4.42 Å². The van der Waals surface area contributed by atoms with Crippen LogP contribution in [0.15, 0.2) is 101 Å². The van der Waals surface area contributed by atoms with Gasteiger partial charge in [0.2, 0.25) is 0 Å². The molecule has 3 heteroatoms. The molecule has 2 aromatic heterocycles. The Morgan fingerprint density at radius 2 is 1.26 bits per heavy atom. The lowest BCUT2D eigenvalue weighted by Crippen LogP contribution is -1.87. The summed E-state index contributed by atoms with van der Waals surface area (Å²) in [5.41, 5.74) is 8.49. The van der Waals surface area contributed by atoms with Crippen LogP contribution < -0.4 is 0 Å². The second-order valence-corrected chi connectivity index (χ2v) is 7.55. The van der Waals surface area contributed by atoms with Crippen molar-refractivity contribution in [2.24, 2.45) is 0 Å². The molecule has 2 heterocycles. The Hall–Kier alpha value is -4.42. The summed E-state index contributed by atoms with van der Waals surface area (Å²) in [4.78, 5) is 4.91. The molecule has 0 amide bonds. The van der Waals surface area contributed by atoms with E-state index in [-0.39, 0.29) is 0 Å². The minimum absolute atomic E-state index is 0.663. The van der Waals surface area contributed by atoms with E-state index in [0.717, 1.165) is 55.2 Å². The molecule has 0 unspecified atom stereocenters. The first-order valence-corrected chi connectivity index (χ1v) is 10.1. The van der Waals surface area contributed by atoms with Gasteiger partial charge in [-0.1, -0.05) is 66.7 Å². The quantitative estimate of drug-likeness (QED) is 0.308. The summed E-state index contributed by atoms with van der Waals surface area (Å²) in [7, 11) is 0. The van der Waals surface area contributed by atoms with Gasteiger partial charge in [-0.25, -0.2) is 4.98 Å². The number of nitriles is 1. The lowest BCUT2D eigenvalue weighted by Gasteiger charge is -2.09. The number of para-hydroxylation sites is 2. The lowest BCUT2D eigenvalue weighted by atomic mass is 9.96. The molecule has 0 bridgehead atoms. The highest BCUT2D eigenvalue weighted by atomic mass is 16.3. The number of pyridine rings is 1. The molecular weight excluding hydrogens is 380 g/mol. The smallest absolute Gasteiger partial charge is 0.162 e. The first-order valence-electron chi connectivity index (χ1n) is 10.1. The van der Waals surface area contributed by atoms with Gasteiger partial charge in [-0.3, -0.25) is 0 Å². The molecule has 0 aliphatic carbocycles. The average Bonchev–Trinajstić information content (AvgIpc) is 3.21. The van der Waals surface area contributed by atoms with Crippen LogP contribution in [0.4, 0.5) is 0 Å². The number of benzene rings is 4. The zero-order chi connectivity index (χ0) is 20.8. The maximum absolute atomic E-state index is 9.02. The molecule has 6 aromatic rings. The summed E-state index contributed by atoms with van der Waals surface area (Å²) in [6.45, 7) is 0. The lowest BCUT2D eigenvalue weighted by molar-refractivity contribution is 0.670. The van der Waals surface area contributed by atoms with Crippen LogP contribution in [0.1, 0.15) is 5.56 Å². The molecule has 6 rings (SSSR count). The van der Waals surface area contributed by atoms with E-state index in [9.17, 15) is 0 Å². The summed E-state index contributed by atoms with van der Waals surface area (Å²) in [6, 6.07) is 34.5. The Morgan fingerprint density at radius 1 is 0.645 bits per heavy atom. The van der Waals surface area contributed by atoms with Gasteiger partial charge in [0.25, 0.3) is 0 Å². The topological polar surface area (TPSA) is 49.8 Å². The second-order valence-electron chi connectivity index (χ2n) is 7.55. The van der Waals surface area contributed by atoms with Crippen molar-refractivity contribution in [2.45, 2.75) is 0 Å². The van der Waals surface area contributed by atoms with E-state index in [4.69, 9.17) is 14.7 Å². The molecule has 3 nitrogen and oxygen atoms in total. The van der Waals surface area contributed by atoms with Crippen molar-refractivity contribution in [3.8, 4) is 28.3 Å². The van der Waals surface area contributed by atoms with Crippen LogP contribution in [0.2, 0.25) is 0 Å². The Balaban J connectivity index is 1.58. The van der Waals surface area contributed by atoms with Gasteiger partial charge in [-0.05, 0) is 47.0 Å². The van der Waals surface area contributed by atoms with Crippen molar-refractivity contribution in [3.05, 3.63) is 103 Å². The standard InChI is InChI=1S/C28H16N2O/c29-17-18-9-11-19(12-10-18)20-13-15-21(16-14-20)26-22-5-1-3-7-24(22)30-27-23-6-2-4-8-25(23)31-28(26)27/h1-16H. The van der Waals surface area contributed by atoms with Gasteiger partial charge in [-0.15, -0.1) is 0 Å². The van der Waals surface area contributed by atoms with E-state index in [2.05, 4.69) is 42.5 Å². The van der Waals surface area contributed by atoms with Crippen molar-refractivity contribution >= 4 is 33.0 Å². The van der Waals surface area contributed by atoms with Crippen LogP contribution in [-0.4, -0.2) is 4.98 Å².